The summed E-state index contributed by atoms with van der Waals surface area (Å²) >= 11 is 0. The fourth-order valence-electron chi connectivity index (χ4n) is 22.1. The number of hydrogen-bond acceptors (Lipinski definition) is 14. The first-order chi connectivity index (χ1) is 42.6. The molecule has 0 spiro atoms. The van der Waals surface area contributed by atoms with Crippen LogP contribution >= 0.6 is 0 Å². The molecule has 0 aliphatic heterocycles. The van der Waals surface area contributed by atoms with Crippen LogP contribution in [0.15, 0.2) is 0 Å². The zero-order chi connectivity index (χ0) is 65.7. The second-order valence-corrected chi connectivity index (χ2v) is 35.3. The molecule has 22 atom stereocenters. The minimum Gasteiger partial charge on any atom is -0.393 e. The summed E-state index contributed by atoms with van der Waals surface area (Å²) in [4.78, 5) is 0. The summed E-state index contributed by atoms with van der Waals surface area (Å²) < 4.78 is 74.3. The molecule has 8 rings (SSSR count). The molecule has 90 heavy (non-hydrogen) atoms. The van der Waals surface area contributed by atoms with E-state index in [1.807, 2.05) is 27.7 Å². The van der Waals surface area contributed by atoms with E-state index in [2.05, 4.69) is 62.8 Å². The molecule has 0 radical (unpaired) electrons. The van der Waals surface area contributed by atoms with Gasteiger partial charge in [0.1, 0.15) is 0 Å². The molecule has 8 aliphatic rings. The average molecular weight is 1310 g/mol. The first-order valence-corrected chi connectivity index (χ1v) is 40.3. The Kier molecular flexibility index (Phi) is 29.7. The van der Waals surface area contributed by atoms with Crippen LogP contribution in [0.1, 0.15) is 262 Å². The summed E-state index contributed by atoms with van der Waals surface area (Å²) in [6, 6.07) is 1.15. The van der Waals surface area contributed by atoms with E-state index in [1.165, 1.54) is 135 Å². The normalized spacial score (nSPS) is 38.0. The van der Waals surface area contributed by atoms with E-state index in [0.717, 1.165) is 97.3 Å². The topological polar surface area (TPSA) is 268 Å². The Morgan fingerprint density at radius 2 is 0.778 bits per heavy atom. The van der Waals surface area contributed by atoms with Crippen molar-refractivity contribution in [1.29, 1.82) is 0 Å². The molecular formula is C72H138N6O10S2. The Labute approximate surface area is 550 Å². The van der Waals surface area contributed by atoms with E-state index in [4.69, 9.17) is 19.8 Å². The molecule has 16 nitrogen and oxygen atoms in total. The van der Waals surface area contributed by atoms with Crippen molar-refractivity contribution in [3.05, 3.63) is 0 Å². The fraction of sp³-hybridized carbons (Fsp3) is 1.00. The second-order valence-electron chi connectivity index (χ2n) is 33.2. The average Bonchev–Trinajstić information content (AvgIpc) is 1.32. The van der Waals surface area contributed by atoms with Crippen LogP contribution in [-0.2, 0) is 29.2 Å². The Morgan fingerprint density at radius 3 is 1.17 bits per heavy atom. The molecule has 0 saturated heterocycles. The van der Waals surface area contributed by atoms with Crippen LogP contribution < -0.4 is 32.7 Å². The van der Waals surface area contributed by atoms with Crippen molar-refractivity contribution < 1.29 is 44.5 Å². The number of fused-ring (bicyclic) bond motifs is 10. The maximum absolute atomic E-state index is 11.8. The number of aliphatic hydroxyl groups is 2. The van der Waals surface area contributed by atoms with Crippen LogP contribution in [0.5, 0.6) is 0 Å². The number of nitrogens with two attached hydrogens (primary N) is 2. The summed E-state index contributed by atoms with van der Waals surface area (Å²) in [7, 11) is -8.91. The van der Waals surface area contributed by atoms with Crippen molar-refractivity contribution in [3.8, 4) is 0 Å². The number of hydrogen-bond donors (Lipinski definition) is 10. The van der Waals surface area contributed by atoms with Crippen molar-refractivity contribution in [2.75, 3.05) is 52.4 Å². The molecule has 0 aromatic carbocycles. The Bertz CT molecular complexity index is 2340. The number of nitrogens with one attached hydrogen (secondary N) is 4. The van der Waals surface area contributed by atoms with Gasteiger partial charge in [0.25, 0.3) is 0 Å². The zero-order valence-corrected chi connectivity index (χ0v) is 60.3. The molecular weight excluding hydrogens is 1170 g/mol. The van der Waals surface area contributed by atoms with Gasteiger partial charge in [-0.05, 0) is 324 Å². The molecule has 0 aromatic heterocycles. The Morgan fingerprint density at radius 1 is 0.433 bits per heavy atom. The van der Waals surface area contributed by atoms with Gasteiger partial charge in [0, 0.05) is 12.1 Å². The lowest BCUT2D eigenvalue weighted by molar-refractivity contribution is -0.167. The SMILES string of the molecule is CC(C)[C@@H](CC[C@@H](C)C1CCC2C3C(CC[C@@]21C)[C@@]1(C)CC[C@H](NCCCNCCCCCCCCN)C[C@@H]1C[C@H]3O)OS(=O)(=O)O.CC(C)[C@@H](CC[C@@H](C)C1CCC2C3C(CC[C@@]21C)[C@@]1(C)CC[C@H](NCCCNCCCCN)C[C@@H]1C[C@H]3O)OS(=O)(=O)O. The monoisotopic (exact) mass is 1310 g/mol. The molecule has 8 saturated carbocycles. The van der Waals surface area contributed by atoms with Gasteiger partial charge in [-0.15, -0.1) is 0 Å². The van der Waals surface area contributed by atoms with E-state index in [-0.39, 0.29) is 34.9 Å². The first-order valence-electron chi connectivity index (χ1n) is 37.6. The van der Waals surface area contributed by atoms with E-state index >= 15 is 0 Å². The third-order valence-corrected chi connectivity index (χ3v) is 28.2. The number of rotatable bonds is 36. The number of unbranched alkanes of at least 4 members (excludes halogenated alkanes) is 6. The zero-order valence-electron chi connectivity index (χ0n) is 58.6. The van der Waals surface area contributed by atoms with Crippen molar-refractivity contribution in [1.82, 2.24) is 21.3 Å². The fourth-order valence-corrected chi connectivity index (χ4v) is 23.4. The maximum Gasteiger partial charge on any atom is 0.397 e. The number of aliphatic hydroxyl groups excluding tert-OH is 2. The molecule has 18 heteroatoms. The van der Waals surface area contributed by atoms with Crippen molar-refractivity contribution in [3.63, 3.8) is 0 Å². The van der Waals surface area contributed by atoms with Gasteiger partial charge in [0.2, 0.25) is 0 Å². The lowest BCUT2D eigenvalue weighted by Crippen LogP contribution is -2.59. The molecule has 528 valence electrons. The molecule has 8 aliphatic carbocycles. The standard InChI is InChI=1S/C38H73N3O5S.C34H65N3O5S/c1-27(2)35(46-47(43,44)45)16-13-28(3)31-14-15-32-36-33(18-20-38(31,32)5)37(4)19-17-30(25-29(37)26-34(36)42)41-24-12-23-40-22-11-9-7-6-8-10-21-39;1-23(2)31(42-43(39,40)41)12-9-24(3)27-10-11-28-32-29(14-16-34(27,28)5)33(4)15-13-26(21-25(33)22-30(32)38)37-20-8-19-36-18-7-6-17-35/h27-36,40-42H,6-26,39H2,1-5H3,(H,43,44,45);23-32,36-38H,6-22,35H2,1-5H3,(H,39,40,41)/t28-,29-,30+,31?,32?,33?,34-,35-,36?,37+,38-;24-,25-,26+,27?,28?,29?,30-,31-,32?,33+,34-/m11/s1. The van der Waals surface area contributed by atoms with Gasteiger partial charge in [0.15, 0.2) is 0 Å². The summed E-state index contributed by atoms with van der Waals surface area (Å²) in [5, 5.41) is 38.6. The highest BCUT2D eigenvalue weighted by Gasteiger charge is 2.65. The maximum atomic E-state index is 11.8. The van der Waals surface area contributed by atoms with E-state index in [9.17, 15) is 36.2 Å². The smallest absolute Gasteiger partial charge is 0.393 e. The summed E-state index contributed by atoms with van der Waals surface area (Å²) in [6.07, 6.45) is 33.0. The predicted octanol–water partition coefficient (Wildman–Crippen LogP) is 12.7. The highest BCUT2D eigenvalue weighted by molar-refractivity contribution is 7.81. The highest BCUT2D eigenvalue weighted by atomic mass is 32.3. The van der Waals surface area contributed by atoms with Crippen molar-refractivity contribution >= 4 is 20.8 Å². The Hall–Kier alpha value is -0.580. The van der Waals surface area contributed by atoms with Gasteiger partial charge in [-0.25, -0.2) is 8.37 Å². The third-order valence-electron chi connectivity index (χ3n) is 27.2. The van der Waals surface area contributed by atoms with Crippen LogP contribution in [0.4, 0.5) is 0 Å². The lowest BCUT2D eigenvalue weighted by Gasteiger charge is -2.62. The predicted molar refractivity (Wildman–Crippen MR) is 366 cm³/mol. The van der Waals surface area contributed by atoms with Gasteiger partial charge in [-0.2, -0.15) is 16.8 Å². The lowest BCUT2D eigenvalue weighted by atomic mass is 9.43. The molecule has 0 bridgehead atoms. The molecule has 0 amide bonds. The van der Waals surface area contributed by atoms with Crippen LogP contribution in [0.25, 0.3) is 0 Å². The molecule has 8 unspecified atom stereocenters. The van der Waals surface area contributed by atoms with Gasteiger partial charge in [-0.3, -0.25) is 9.11 Å². The molecule has 0 heterocycles. The van der Waals surface area contributed by atoms with Crippen LogP contribution in [0.3, 0.4) is 0 Å². The van der Waals surface area contributed by atoms with E-state index in [1.54, 1.807) is 0 Å². The van der Waals surface area contributed by atoms with E-state index in [0.29, 0.717) is 107 Å². The van der Waals surface area contributed by atoms with Crippen molar-refractivity contribution in [2.24, 2.45) is 116 Å². The van der Waals surface area contributed by atoms with Crippen molar-refractivity contribution in [2.45, 2.75) is 298 Å². The highest BCUT2D eigenvalue weighted by Crippen LogP contribution is 2.70. The van der Waals surface area contributed by atoms with Crippen LogP contribution in [-0.4, -0.2) is 125 Å². The minimum atomic E-state index is -4.46. The molecule has 0 aromatic rings. The second kappa shape index (κ2) is 34.8. The first kappa shape index (κ1) is 76.8. The van der Waals surface area contributed by atoms with Gasteiger partial charge >= 0.3 is 20.8 Å². The third kappa shape index (κ3) is 19.8. The van der Waals surface area contributed by atoms with Crippen LogP contribution in [0.2, 0.25) is 0 Å². The van der Waals surface area contributed by atoms with E-state index < -0.39 is 33.0 Å². The largest absolute Gasteiger partial charge is 0.397 e. The summed E-state index contributed by atoms with van der Waals surface area (Å²) in [5.41, 5.74) is 12.3. The minimum absolute atomic E-state index is 0.0152. The van der Waals surface area contributed by atoms with Gasteiger partial charge in [-0.1, -0.05) is 94.9 Å². The quantitative estimate of drug-likeness (QED) is 0.0206. The van der Waals surface area contributed by atoms with Crippen LogP contribution in [0, 0.1) is 105 Å². The molecule has 12 N–H and O–H groups in total. The Balaban J connectivity index is 0.000000257. The summed E-state index contributed by atoms with van der Waals surface area (Å²) in [5.74, 6) is 6.44. The summed E-state index contributed by atoms with van der Waals surface area (Å²) in [6.45, 7) is 30.7. The molecule has 8 fully saturated rings. The van der Waals surface area contributed by atoms with Gasteiger partial charge < -0.3 is 42.9 Å². The van der Waals surface area contributed by atoms with Gasteiger partial charge in [0.05, 0.1) is 24.4 Å².